The van der Waals surface area contributed by atoms with Crippen LogP contribution in [0.5, 0.6) is 0 Å². The molecule has 7 aromatic carbocycles. The number of halogens is 9. The number of pyridine rings is 3. The van der Waals surface area contributed by atoms with Crippen molar-refractivity contribution >= 4 is 137 Å². The van der Waals surface area contributed by atoms with Gasteiger partial charge >= 0.3 is 150 Å². The summed E-state index contributed by atoms with van der Waals surface area (Å²) in [6.07, 6.45) is 9.74. The Bertz CT molecular complexity index is 5970. The van der Waals surface area contributed by atoms with Crippen molar-refractivity contribution in [2.24, 2.45) is 10.9 Å². The monoisotopic (exact) mass is 2290 g/mol. The normalized spacial score (nSPS) is 15.1. The average Bonchev–Trinajstić information content (AvgIpc) is 1.02. The van der Waals surface area contributed by atoms with Crippen LogP contribution in [0.1, 0.15) is 187 Å². The number of ether oxygens (including phenoxy) is 1. The minimum Gasteiger partial charge on any atom is -1.00 e. The van der Waals surface area contributed by atoms with Gasteiger partial charge in [-0.3, -0.25) is 14.4 Å². The van der Waals surface area contributed by atoms with Crippen LogP contribution in [-0.4, -0.2) is 190 Å². The molecule has 2 aliphatic heterocycles. The van der Waals surface area contributed by atoms with Gasteiger partial charge in [0.15, 0.2) is 0 Å². The minimum atomic E-state index is -3.69. The Labute approximate surface area is 960 Å². The van der Waals surface area contributed by atoms with Crippen LogP contribution in [-0.2, 0) is 49.8 Å². The number of carboxylic acid groups (broad SMARTS) is 1. The zero-order valence-electron chi connectivity index (χ0n) is 81.7. The topological polar surface area (TPSA) is 378 Å². The number of carboxylic acids is 1. The molecule has 40 heteroatoms. The second-order valence-corrected chi connectivity index (χ2v) is 40.0. The van der Waals surface area contributed by atoms with E-state index >= 15 is 0 Å². The molecule has 16 rings (SSSR count). The maximum Gasteiger partial charge on any atom is 1.00 e. The van der Waals surface area contributed by atoms with E-state index in [1.165, 1.54) is 125 Å². The van der Waals surface area contributed by atoms with Crippen molar-refractivity contribution in [1.29, 1.82) is 0 Å². The van der Waals surface area contributed by atoms with Gasteiger partial charge in [-0.1, -0.05) is 143 Å². The molecule has 4 saturated carbocycles. The van der Waals surface area contributed by atoms with E-state index in [1.807, 2.05) is 52.8 Å². The summed E-state index contributed by atoms with van der Waals surface area (Å²) in [5.41, 5.74) is 27.6. The van der Waals surface area contributed by atoms with Gasteiger partial charge in [-0.2, -0.15) is 8.42 Å². The van der Waals surface area contributed by atoms with Gasteiger partial charge in [0.2, 0.25) is 0 Å². The maximum absolute atomic E-state index is 14.5. The molecule has 6 aliphatic rings. The number of aromatic carboxylic acids is 1. The number of carbonyl (C=O) groups excluding carboxylic acids is 4. The molecule has 0 spiro atoms. The first kappa shape index (κ1) is 120. The number of rotatable bonds is 24. The van der Waals surface area contributed by atoms with E-state index in [2.05, 4.69) is 193 Å². The Kier molecular flexibility index (Phi) is 48.9. The first-order valence-corrected chi connectivity index (χ1v) is 48.6. The molecule has 4 aliphatic carbocycles. The van der Waals surface area contributed by atoms with Crippen molar-refractivity contribution in [1.82, 2.24) is 55.4 Å². The van der Waals surface area contributed by atoms with E-state index in [0.717, 1.165) is 87.1 Å². The summed E-state index contributed by atoms with van der Waals surface area (Å²) in [6.45, 7) is 15.9. The molecule has 5 heterocycles. The number of piperazine rings is 1. The molecule has 28 nitrogen and oxygen atoms in total. The number of fused-ring (bicyclic) bond motifs is 1. The molecule has 139 heavy (non-hydrogen) atoms. The van der Waals surface area contributed by atoms with E-state index in [1.54, 1.807) is 53.4 Å². The molecule has 2 atom stereocenters. The first-order valence-electron chi connectivity index (χ1n) is 44.3. The Morgan fingerprint density at radius 2 is 0.964 bits per heavy atom. The Morgan fingerprint density at radius 1 is 0.583 bits per heavy atom. The number of nitrogens with zero attached hydrogens (tertiary/aromatic N) is 9. The van der Waals surface area contributed by atoms with Crippen LogP contribution in [0.25, 0.3) is 33.8 Å². The van der Waals surface area contributed by atoms with Crippen molar-refractivity contribution in [3.05, 3.63) is 268 Å². The van der Waals surface area contributed by atoms with Crippen molar-refractivity contribution in [3.63, 3.8) is 0 Å². The summed E-state index contributed by atoms with van der Waals surface area (Å²) < 4.78 is 65.9. The van der Waals surface area contributed by atoms with Gasteiger partial charge in [-0.15, -0.1) is 0 Å². The summed E-state index contributed by atoms with van der Waals surface area (Å²) in [5, 5.41) is 37.1. The molecule has 10 aromatic rings. The number of carbonyl (C=O) groups is 5. The number of nitrogens with one attached hydrogen (secondary N) is 5. The molecule has 0 radical (unpaired) electrons. The molecule has 12 N–H and O–H groups in total. The summed E-state index contributed by atoms with van der Waals surface area (Å²) in [6, 6.07) is 49.1. The largest absolute Gasteiger partial charge is 1.00 e. The van der Waals surface area contributed by atoms with Gasteiger partial charge in [0.25, 0.3) is 27.5 Å². The summed E-state index contributed by atoms with van der Waals surface area (Å²) >= 11 is 30.6. The number of benzene rings is 7. The molecule has 0 unspecified atom stereocenters. The van der Waals surface area contributed by atoms with Crippen LogP contribution in [0, 0.1) is 17.5 Å². The smallest absolute Gasteiger partial charge is 1.00 e. The van der Waals surface area contributed by atoms with Crippen LogP contribution in [0.3, 0.4) is 0 Å². The number of hydrogen-bond donors (Lipinski definition) is 9. The molecule has 738 valence electrons. The van der Waals surface area contributed by atoms with Crippen LogP contribution in [0.2, 0.25) is 25.4 Å². The molecule has 5 fully saturated rings. The van der Waals surface area contributed by atoms with Gasteiger partial charge in [-0.05, 0) is 289 Å². The summed E-state index contributed by atoms with van der Waals surface area (Å²) in [7, 11) is 17.2. The Balaban J connectivity index is 0.000000260. The van der Waals surface area contributed by atoms with Crippen molar-refractivity contribution in [3.8, 4) is 33.8 Å². The number of aromatic nitrogens is 3. The predicted molar refractivity (Wildman–Crippen MR) is 539 cm³/mol. The third-order valence-electron chi connectivity index (χ3n) is 21.7. The third-order valence-corrected chi connectivity index (χ3v) is 23.1. The van der Waals surface area contributed by atoms with Crippen molar-refractivity contribution < 1.29 is 205 Å². The maximum atomic E-state index is 14.5. The fourth-order valence-corrected chi connectivity index (χ4v) is 16.2. The van der Waals surface area contributed by atoms with Crippen LogP contribution < -0.4 is 191 Å². The zero-order chi connectivity index (χ0) is 100. The molecular formula is C99H120Cl6Cs2F3N17O11S. The number of nitrogen functional groups attached to an aromatic ring is 1. The number of anilines is 5. The average molecular weight is 2290 g/mol. The Hall–Kier alpha value is -6.40. The van der Waals surface area contributed by atoms with E-state index in [4.69, 9.17) is 94.4 Å². The number of hydrogen-bond acceptors (Lipinski definition) is 23. The van der Waals surface area contributed by atoms with Gasteiger partial charge in [-0.25, -0.2) is 42.9 Å². The SMILES string of the molecule is CN(C)Cc1ccc(N)c(C2CC2)c1.CN(C)Cc1ccc(N2CNC(=O)c3cc(Cl)c(-c4ccccc4F)nc32)c(C2CC2)c1.CN(C)Cc1ccc(NCN)c(C2CC2)c1.CN(C)Cc1ccc(NCNC(=O)c2cc(Cl)c(-c3ccccc3F)nc2Cl)c(C2CC2)c1.C[C@@H]1CN[C@@H](C)CN1C(=O)OC(C)(C)C.NS(=O)(=O)Cl.O=C(O)c1cc(Cl)c(-c2ccccc2F)nc1Cl.O=CO[O-].[Cs+].[Cs+].[H-]. The summed E-state index contributed by atoms with van der Waals surface area (Å²) in [4.78, 5) is 84.5. The zero-order valence-corrected chi connectivity index (χ0v) is 98.7. The van der Waals surface area contributed by atoms with E-state index in [9.17, 15) is 40.8 Å². The third kappa shape index (κ3) is 38.5. The van der Waals surface area contributed by atoms with Crippen molar-refractivity contribution in [2.75, 3.05) is 111 Å². The van der Waals surface area contributed by atoms with Crippen LogP contribution >= 0.6 is 68.7 Å². The summed E-state index contributed by atoms with van der Waals surface area (Å²) in [5.74, 6) is -0.192. The van der Waals surface area contributed by atoms with Crippen LogP contribution in [0.4, 0.5) is 46.5 Å². The van der Waals surface area contributed by atoms with Gasteiger partial charge in [0, 0.05) is 101 Å². The standard InChI is InChI=1S/C25H25Cl2FN4O.C25H24ClFN4O.C13H21N3.C12H6Cl2FNO2.C12H18N2.C11H22N2O2.CH2O3.ClH2NO2S.2Cs.H/c1-32(2)13-15-7-10-22(18(11-15)16-8-9-16)29-14-30-25(33)19-12-20(26)23(31-24(19)27)17-5-3-4-6-21(17)28;1-30(2)13-15-7-10-22(18(11-15)16-8-9-16)31-14-28-25(32)19-12-20(26)23(29-24(19)31)17-5-3-4-6-21(17)27;1-16(2)8-10-3-6-13(15-9-14)12(7-10)11-4-5-11;13-8-5-7(12(17)18)11(14)16-10(8)6-3-1-2-4-9(6)15;1-14(2)8-9-3-6-12(13)11(7-9)10-4-5-10;1-8-7-13(9(2)6-12-8)10(14)15-11(3,4)5;2-1-4-3;1-5(2,3)4;;;/h3-7,10-12,16,29H,8-9,13-14H2,1-2H3,(H,30,33);3-7,10-12,16H,8-9,13-14H2,1-2H3,(H,28,32);3,6-7,11,15H,4-5,8-9,14H2,1-2H3;1-5H,(H,17,18);3,6-7,10H,4-5,8,13H2,1-2H3;8-9,12H,6-7H2,1-5H3;1,3H;(H2,2,3,4);;;/q;;;;;;;;2*+1;-1/p-1/t;;;;;8-,9+;;;;;/m.....0...../s1. The van der Waals surface area contributed by atoms with Gasteiger partial charge < -0.3 is 88.9 Å². The van der Waals surface area contributed by atoms with E-state index in [-0.39, 0.29) is 229 Å². The quantitative estimate of drug-likeness (QED) is 0.00516. The Morgan fingerprint density at radius 3 is 1.38 bits per heavy atom. The fourth-order valence-electron chi connectivity index (χ4n) is 15.0. The van der Waals surface area contributed by atoms with Crippen LogP contribution in [0.15, 0.2) is 164 Å². The number of nitrogens with two attached hydrogens (primary N) is 3. The minimum absolute atomic E-state index is 0. The second-order valence-electron chi connectivity index (χ2n) is 35.8. The van der Waals surface area contributed by atoms with E-state index in [0.29, 0.717) is 53.9 Å². The first-order chi connectivity index (χ1) is 64.8. The molecule has 0 bridgehead atoms. The predicted octanol–water partition coefficient (Wildman–Crippen LogP) is 12.9. The molecular weight excluding hydrogens is 2170 g/mol. The van der Waals surface area contributed by atoms with E-state index < -0.39 is 44.2 Å². The number of amides is 3. The van der Waals surface area contributed by atoms with Gasteiger partial charge in [0.1, 0.15) is 39.2 Å². The fraction of sp³-hybridized carbons (Fsp3) is 0.374. The molecule has 3 amide bonds. The second kappa shape index (κ2) is 56.9. The molecule has 1 saturated heterocycles. The van der Waals surface area contributed by atoms with Crippen molar-refractivity contribution in [2.45, 2.75) is 154 Å². The molecule has 3 aromatic heterocycles. The van der Waals surface area contributed by atoms with Gasteiger partial charge in [0.05, 0.1) is 68.8 Å².